The second-order valence-electron chi connectivity index (χ2n) is 6.94. The van der Waals surface area contributed by atoms with E-state index in [-0.39, 0.29) is 11.9 Å². The fourth-order valence-electron chi connectivity index (χ4n) is 3.64. The summed E-state index contributed by atoms with van der Waals surface area (Å²) in [5, 5.41) is 9.25. The molecule has 2 heterocycles. The van der Waals surface area contributed by atoms with Crippen molar-refractivity contribution in [1.82, 2.24) is 14.8 Å². The number of benzene rings is 2. The number of aryl methyl sites for hydroxylation is 2. The van der Waals surface area contributed by atoms with E-state index in [0.29, 0.717) is 5.75 Å². The van der Waals surface area contributed by atoms with Crippen LogP contribution in [0.15, 0.2) is 53.7 Å². The SMILES string of the molecule is Cc1cccc(-n2c(C)nnc2SCC(=O)N2c3ccccc3CC2C)c1. The molecule has 0 aliphatic carbocycles. The molecule has 0 radical (unpaired) electrons. The Labute approximate surface area is 163 Å². The van der Waals surface area contributed by atoms with Crippen molar-refractivity contribution in [2.75, 3.05) is 10.7 Å². The third kappa shape index (κ3) is 3.37. The number of thioether (sulfide) groups is 1. The summed E-state index contributed by atoms with van der Waals surface area (Å²) in [7, 11) is 0. The standard InChI is InChI=1S/C21H22N4OS/c1-14-7-6-9-18(11-14)25-16(3)22-23-21(25)27-13-20(26)24-15(2)12-17-8-4-5-10-19(17)24/h4-11,15H,12-13H2,1-3H3. The number of aromatic nitrogens is 3. The number of hydrogen-bond acceptors (Lipinski definition) is 4. The number of anilines is 1. The predicted octanol–water partition coefficient (Wildman–Crippen LogP) is 3.95. The lowest BCUT2D eigenvalue weighted by Crippen LogP contribution is -2.37. The Balaban J connectivity index is 1.54. The van der Waals surface area contributed by atoms with Crippen molar-refractivity contribution >= 4 is 23.4 Å². The van der Waals surface area contributed by atoms with E-state index in [1.54, 1.807) is 0 Å². The van der Waals surface area contributed by atoms with Crippen LogP contribution in [0.3, 0.4) is 0 Å². The van der Waals surface area contributed by atoms with E-state index in [9.17, 15) is 4.79 Å². The van der Waals surface area contributed by atoms with Gasteiger partial charge >= 0.3 is 0 Å². The molecule has 0 N–H and O–H groups in total. The number of nitrogens with zero attached hydrogens (tertiary/aromatic N) is 4. The van der Waals surface area contributed by atoms with Gasteiger partial charge in [-0.15, -0.1) is 10.2 Å². The Hall–Kier alpha value is -2.60. The quantitative estimate of drug-likeness (QED) is 0.645. The second-order valence-corrected chi connectivity index (χ2v) is 7.88. The van der Waals surface area contributed by atoms with E-state index >= 15 is 0 Å². The van der Waals surface area contributed by atoms with Crippen LogP contribution in [0.4, 0.5) is 5.69 Å². The van der Waals surface area contributed by atoms with Gasteiger partial charge < -0.3 is 4.90 Å². The monoisotopic (exact) mass is 378 g/mol. The van der Waals surface area contributed by atoms with Crippen molar-refractivity contribution in [2.24, 2.45) is 0 Å². The molecular weight excluding hydrogens is 356 g/mol. The van der Waals surface area contributed by atoms with Gasteiger partial charge in [0.2, 0.25) is 5.91 Å². The highest BCUT2D eigenvalue weighted by atomic mass is 32.2. The molecule has 27 heavy (non-hydrogen) atoms. The predicted molar refractivity (Wildman–Crippen MR) is 109 cm³/mol. The molecule has 3 aromatic rings. The molecule has 5 nitrogen and oxygen atoms in total. The molecule has 0 bridgehead atoms. The molecule has 1 aromatic heterocycles. The Morgan fingerprint density at radius 1 is 1.15 bits per heavy atom. The molecule has 1 aliphatic heterocycles. The molecule has 6 heteroatoms. The van der Waals surface area contributed by atoms with Crippen LogP contribution < -0.4 is 4.90 Å². The normalized spacial score (nSPS) is 15.8. The smallest absolute Gasteiger partial charge is 0.237 e. The number of fused-ring (bicyclic) bond motifs is 1. The molecular formula is C21H22N4OS. The topological polar surface area (TPSA) is 51.0 Å². The van der Waals surface area contributed by atoms with Crippen LogP contribution in [0.1, 0.15) is 23.9 Å². The molecule has 1 unspecified atom stereocenters. The first-order chi connectivity index (χ1) is 13.0. The molecule has 0 fully saturated rings. The zero-order valence-corrected chi connectivity index (χ0v) is 16.5. The largest absolute Gasteiger partial charge is 0.308 e. The average Bonchev–Trinajstić information content (AvgIpc) is 3.18. The van der Waals surface area contributed by atoms with Crippen LogP contribution in [-0.2, 0) is 11.2 Å². The molecule has 138 valence electrons. The van der Waals surface area contributed by atoms with Gasteiger partial charge in [0.15, 0.2) is 5.16 Å². The number of amides is 1. The van der Waals surface area contributed by atoms with Gasteiger partial charge in [0.1, 0.15) is 5.82 Å². The second kappa shape index (κ2) is 7.19. The van der Waals surface area contributed by atoms with Crippen LogP contribution in [-0.4, -0.2) is 32.5 Å². The molecule has 0 saturated carbocycles. The number of carbonyl (C=O) groups is 1. The van der Waals surface area contributed by atoms with Gasteiger partial charge in [-0.2, -0.15) is 0 Å². The zero-order chi connectivity index (χ0) is 19.0. The highest BCUT2D eigenvalue weighted by molar-refractivity contribution is 7.99. The Kier molecular flexibility index (Phi) is 4.74. The van der Waals surface area contributed by atoms with Gasteiger partial charge in [-0.1, -0.05) is 42.1 Å². The summed E-state index contributed by atoms with van der Waals surface area (Å²) < 4.78 is 2.01. The maximum Gasteiger partial charge on any atom is 0.237 e. The third-order valence-electron chi connectivity index (χ3n) is 4.86. The summed E-state index contributed by atoms with van der Waals surface area (Å²) in [5.41, 5.74) is 4.47. The van der Waals surface area contributed by atoms with Gasteiger partial charge in [-0.3, -0.25) is 9.36 Å². The molecule has 1 amide bonds. The van der Waals surface area contributed by atoms with Crippen LogP contribution in [0.25, 0.3) is 5.69 Å². The first-order valence-electron chi connectivity index (χ1n) is 9.06. The summed E-state index contributed by atoms with van der Waals surface area (Å²) in [6.45, 7) is 6.09. The summed E-state index contributed by atoms with van der Waals surface area (Å²) >= 11 is 1.44. The van der Waals surface area contributed by atoms with Crippen LogP contribution >= 0.6 is 11.8 Å². The molecule has 1 aliphatic rings. The maximum absolute atomic E-state index is 12.9. The highest BCUT2D eigenvalue weighted by Gasteiger charge is 2.30. The lowest BCUT2D eigenvalue weighted by Gasteiger charge is -2.22. The number of para-hydroxylation sites is 1. The highest BCUT2D eigenvalue weighted by Crippen LogP contribution is 2.33. The lowest BCUT2D eigenvalue weighted by atomic mass is 10.1. The van der Waals surface area contributed by atoms with Crippen LogP contribution in [0.2, 0.25) is 0 Å². The molecule has 2 aromatic carbocycles. The summed E-state index contributed by atoms with van der Waals surface area (Å²) in [5.74, 6) is 1.26. The Morgan fingerprint density at radius 3 is 2.78 bits per heavy atom. The minimum Gasteiger partial charge on any atom is -0.308 e. The summed E-state index contributed by atoms with van der Waals surface area (Å²) in [6.07, 6.45) is 0.908. The van der Waals surface area contributed by atoms with E-state index in [2.05, 4.69) is 42.2 Å². The lowest BCUT2D eigenvalue weighted by molar-refractivity contribution is -0.116. The molecule has 0 spiro atoms. The molecule has 4 rings (SSSR count). The Bertz CT molecular complexity index is 997. The van der Waals surface area contributed by atoms with Crippen LogP contribution in [0.5, 0.6) is 0 Å². The molecule has 0 saturated heterocycles. The Morgan fingerprint density at radius 2 is 1.96 bits per heavy atom. The van der Waals surface area contributed by atoms with Crippen molar-refractivity contribution in [1.29, 1.82) is 0 Å². The van der Waals surface area contributed by atoms with Crippen molar-refractivity contribution in [3.8, 4) is 5.69 Å². The van der Waals surface area contributed by atoms with Crippen molar-refractivity contribution in [2.45, 2.75) is 38.4 Å². The number of hydrogen-bond donors (Lipinski definition) is 0. The zero-order valence-electron chi connectivity index (χ0n) is 15.7. The minimum atomic E-state index is 0.105. The average molecular weight is 379 g/mol. The summed E-state index contributed by atoms with van der Waals surface area (Å²) in [4.78, 5) is 14.9. The van der Waals surface area contributed by atoms with Crippen molar-refractivity contribution in [3.05, 3.63) is 65.5 Å². The minimum absolute atomic E-state index is 0.105. The number of rotatable bonds is 4. The van der Waals surface area contributed by atoms with Crippen LogP contribution in [0, 0.1) is 13.8 Å². The fourth-order valence-corrected chi connectivity index (χ4v) is 4.50. The maximum atomic E-state index is 12.9. The van der Waals surface area contributed by atoms with Crippen molar-refractivity contribution < 1.29 is 4.79 Å². The number of carbonyl (C=O) groups excluding carboxylic acids is 1. The first-order valence-corrected chi connectivity index (χ1v) is 10.0. The fraction of sp³-hybridized carbons (Fsp3) is 0.286. The van der Waals surface area contributed by atoms with E-state index in [4.69, 9.17) is 0 Å². The third-order valence-corrected chi connectivity index (χ3v) is 5.77. The first kappa shape index (κ1) is 17.8. The van der Waals surface area contributed by atoms with Gasteiger partial charge in [-0.05, 0) is 56.5 Å². The van der Waals surface area contributed by atoms with Gasteiger partial charge in [0.05, 0.1) is 5.75 Å². The van der Waals surface area contributed by atoms with Gasteiger partial charge in [-0.25, -0.2) is 0 Å². The van der Waals surface area contributed by atoms with E-state index in [1.165, 1.54) is 22.9 Å². The van der Waals surface area contributed by atoms with E-state index in [1.807, 2.05) is 46.7 Å². The molecule has 1 atom stereocenters. The van der Waals surface area contributed by atoms with Gasteiger partial charge in [0.25, 0.3) is 0 Å². The van der Waals surface area contributed by atoms with E-state index in [0.717, 1.165) is 28.8 Å². The van der Waals surface area contributed by atoms with Gasteiger partial charge in [0, 0.05) is 17.4 Å². The van der Waals surface area contributed by atoms with Crippen molar-refractivity contribution in [3.63, 3.8) is 0 Å². The van der Waals surface area contributed by atoms with E-state index < -0.39 is 0 Å². The summed E-state index contributed by atoms with van der Waals surface area (Å²) in [6, 6.07) is 16.5.